The minimum atomic E-state index is 0.270. The van der Waals surface area contributed by atoms with Crippen LogP contribution in [0.3, 0.4) is 0 Å². The van der Waals surface area contributed by atoms with Crippen molar-refractivity contribution in [2.45, 2.75) is 24.3 Å². The summed E-state index contributed by atoms with van der Waals surface area (Å²) in [4.78, 5) is 0. The molecule has 4 heteroatoms. The van der Waals surface area contributed by atoms with E-state index in [2.05, 4.69) is 35.0 Å². The molecule has 0 radical (unpaired) electrons. The van der Waals surface area contributed by atoms with E-state index in [1.807, 2.05) is 6.07 Å². The number of unbranched alkanes of at least 4 members (excludes halogenated alkanes) is 1. The van der Waals surface area contributed by atoms with Crippen LogP contribution in [0.4, 0.5) is 0 Å². The largest absolute Gasteiger partial charge is 0.396 e. The summed E-state index contributed by atoms with van der Waals surface area (Å²) in [6.45, 7) is 0.270. The van der Waals surface area contributed by atoms with E-state index in [1.165, 1.54) is 5.56 Å². The molecule has 1 aromatic heterocycles. The molecule has 15 heavy (non-hydrogen) atoms. The van der Waals surface area contributed by atoms with E-state index in [1.54, 1.807) is 0 Å². The average molecular weight is 222 g/mol. The number of nitrogens with zero attached hydrogens (tertiary/aromatic N) is 1. The minimum Gasteiger partial charge on any atom is -0.396 e. The first-order valence-electron chi connectivity index (χ1n) is 5.08. The van der Waals surface area contributed by atoms with Crippen LogP contribution in [0.2, 0.25) is 0 Å². The molecule has 0 unspecified atom stereocenters. The molecule has 0 fully saturated rings. The third-order valence-electron chi connectivity index (χ3n) is 2.48. The SMILES string of the molecule is OCCCCc1ccc2[nH]nc(S)c2c1. The van der Waals surface area contributed by atoms with Gasteiger partial charge in [-0.15, -0.1) is 12.6 Å². The molecule has 3 nitrogen and oxygen atoms in total. The molecule has 80 valence electrons. The van der Waals surface area contributed by atoms with Gasteiger partial charge in [0.1, 0.15) is 5.03 Å². The number of aromatic nitrogens is 2. The zero-order chi connectivity index (χ0) is 10.7. The van der Waals surface area contributed by atoms with Crippen LogP contribution in [0.5, 0.6) is 0 Å². The highest BCUT2D eigenvalue weighted by atomic mass is 32.1. The van der Waals surface area contributed by atoms with E-state index in [0.29, 0.717) is 0 Å². The Morgan fingerprint density at radius 2 is 2.20 bits per heavy atom. The van der Waals surface area contributed by atoms with Gasteiger partial charge < -0.3 is 5.11 Å². The first-order chi connectivity index (χ1) is 7.31. The molecule has 2 rings (SSSR count). The van der Waals surface area contributed by atoms with Crippen molar-refractivity contribution in [2.24, 2.45) is 0 Å². The summed E-state index contributed by atoms with van der Waals surface area (Å²) < 4.78 is 0. The van der Waals surface area contributed by atoms with Crippen molar-refractivity contribution < 1.29 is 5.11 Å². The molecule has 1 aromatic carbocycles. The van der Waals surface area contributed by atoms with Crippen molar-refractivity contribution in [3.63, 3.8) is 0 Å². The summed E-state index contributed by atoms with van der Waals surface area (Å²) >= 11 is 4.28. The molecule has 0 amide bonds. The Hall–Kier alpha value is -1.000. The topological polar surface area (TPSA) is 48.9 Å². The zero-order valence-electron chi connectivity index (χ0n) is 8.40. The number of rotatable bonds is 4. The quantitative estimate of drug-likeness (QED) is 0.548. The number of aryl methyl sites for hydroxylation is 1. The number of H-pyrrole nitrogens is 1. The van der Waals surface area contributed by atoms with Crippen molar-refractivity contribution in [2.75, 3.05) is 6.61 Å². The van der Waals surface area contributed by atoms with Crippen LogP contribution in [0.15, 0.2) is 23.2 Å². The lowest BCUT2D eigenvalue weighted by atomic mass is 10.1. The second kappa shape index (κ2) is 4.68. The first kappa shape index (κ1) is 10.5. The van der Waals surface area contributed by atoms with Crippen LogP contribution in [-0.2, 0) is 6.42 Å². The third-order valence-corrected chi connectivity index (χ3v) is 2.82. The highest BCUT2D eigenvalue weighted by molar-refractivity contribution is 7.80. The van der Waals surface area contributed by atoms with Gasteiger partial charge in [-0.2, -0.15) is 5.10 Å². The van der Waals surface area contributed by atoms with Crippen molar-refractivity contribution in [1.29, 1.82) is 0 Å². The minimum absolute atomic E-state index is 0.270. The lowest BCUT2D eigenvalue weighted by Gasteiger charge is -2.00. The Bertz CT molecular complexity index is 453. The molecule has 0 atom stereocenters. The van der Waals surface area contributed by atoms with Crippen molar-refractivity contribution in [1.82, 2.24) is 10.2 Å². The number of nitrogens with one attached hydrogen (secondary N) is 1. The fraction of sp³-hybridized carbons (Fsp3) is 0.364. The molecule has 2 N–H and O–H groups in total. The van der Waals surface area contributed by atoms with E-state index >= 15 is 0 Å². The number of benzene rings is 1. The van der Waals surface area contributed by atoms with Gasteiger partial charge in [0.2, 0.25) is 0 Å². The maximum Gasteiger partial charge on any atom is 0.123 e. The molecular formula is C11H14N2OS. The van der Waals surface area contributed by atoms with Gasteiger partial charge >= 0.3 is 0 Å². The Morgan fingerprint density at radius 3 is 3.00 bits per heavy atom. The number of hydrogen-bond acceptors (Lipinski definition) is 3. The predicted octanol–water partition coefficient (Wildman–Crippen LogP) is 2.17. The van der Waals surface area contributed by atoms with Crippen LogP contribution in [0.1, 0.15) is 18.4 Å². The molecule has 1 heterocycles. The highest BCUT2D eigenvalue weighted by Gasteiger charge is 2.02. The number of fused-ring (bicyclic) bond motifs is 1. The molecule has 0 saturated carbocycles. The summed E-state index contributed by atoms with van der Waals surface area (Å²) in [5.41, 5.74) is 2.29. The Balaban J connectivity index is 2.18. The lowest BCUT2D eigenvalue weighted by Crippen LogP contribution is -1.88. The van der Waals surface area contributed by atoms with E-state index in [9.17, 15) is 0 Å². The van der Waals surface area contributed by atoms with Crippen molar-refractivity contribution in [3.05, 3.63) is 23.8 Å². The Morgan fingerprint density at radius 1 is 1.33 bits per heavy atom. The van der Waals surface area contributed by atoms with Gasteiger partial charge in [-0.1, -0.05) is 6.07 Å². The van der Waals surface area contributed by atoms with Crippen LogP contribution in [0.25, 0.3) is 10.9 Å². The predicted molar refractivity (Wildman–Crippen MR) is 63.4 cm³/mol. The van der Waals surface area contributed by atoms with Gasteiger partial charge in [-0.25, -0.2) is 0 Å². The summed E-state index contributed by atoms with van der Waals surface area (Å²) in [5, 5.41) is 17.5. The van der Waals surface area contributed by atoms with Crippen molar-refractivity contribution in [3.8, 4) is 0 Å². The standard InChI is InChI=1S/C11H14N2OS/c14-6-2-1-3-8-4-5-10-9(7-8)11(15)13-12-10/h4-5,7,14H,1-3,6H2,(H2,12,13,15). The summed E-state index contributed by atoms with van der Waals surface area (Å²) in [6.07, 6.45) is 2.87. The molecule has 2 aromatic rings. The number of thiol groups is 1. The van der Waals surface area contributed by atoms with Crippen LogP contribution < -0.4 is 0 Å². The van der Waals surface area contributed by atoms with Gasteiger partial charge in [0, 0.05) is 12.0 Å². The molecule has 0 aliphatic heterocycles. The van der Waals surface area contributed by atoms with E-state index in [4.69, 9.17) is 5.11 Å². The summed E-state index contributed by atoms with van der Waals surface area (Å²) in [6, 6.07) is 6.22. The third kappa shape index (κ3) is 2.33. The normalized spacial score (nSPS) is 11.1. The maximum absolute atomic E-state index is 8.70. The second-order valence-corrected chi connectivity index (χ2v) is 4.03. The summed E-state index contributed by atoms with van der Waals surface area (Å²) in [7, 11) is 0. The van der Waals surface area contributed by atoms with E-state index in [0.717, 1.165) is 35.2 Å². The summed E-state index contributed by atoms with van der Waals surface area (Å²) in [5.74, 6) is 0. The highest BCUT2D eigenvalue weighted by Crippen LogP contribution is 2.20. The number of aromatic amines is 1. The van der Waals surface area contributed by atoms with Gasteiger partial charge in [0.15, 0.2) is 0 Å². The molecule has 0 spiro atoms. The van der Waals surface area contributed by atoms with Crippen molar-refractivity contribution >= 4 is 23.5 Å². The molecule has 0 bridgehead atoms. The van der Waals surface area contributed by atoms with Gasteiger partial charge in [0.05, 0.1) is 5.52 Å². The van der Waals surface area contributed by atoms with Gasteiger partial charge in [-0.05, 0) is 37.0 Å². The number of hydrogen-bond donors (Lipinski definition) is 3. The molecular weight excluding hydrogens is 208 g/mol. The van der Waals surface area contributed by atoms with Crippen LogP contribution in [0, 0.1) is 0 Å². The van der Waals surface area contributed by atoms with E-state index < -0.39 is 0 Å². The fourth-order valence-corrected chi connectivity index (χ4v) is 1.88. The number of aliphatic hydroxyl groups is 1. The zero-order valence-corrected chi connectivity index (χ0v) is 9.30. The number of aliphatic hydroxyl groups excluding tert-OH is 1. The van der Waals surface area contributed by atoms with Gasteiger partial charge in [-0.3, -0.25) is 5.10 Å². The van der Waals surface area contributed by atoms with Crippen LogP contribution in [-0.4, -0.2) is 21.9 Å². The lowest BCUT2D eigenvalue weighted by molar-refractivity contribution is 0.284. The molecule has 0 aliphatic rings. The smallest absolute Gasteiger partial charge is 0.123 e. The second-order valence-electron chi connectivity index (χ2n) is 3.61. The van der Waals surface area contributed by atoms with Crippen LogP contribution >= 0.6 is 12.6 Å². The van der Waals surface area contributed by atoms with Gasteiger partial charge in [0.25, 0.3) is 0 Å². The molecule has 0 aliphatic carbocycles. The fourth-order valence-electron chi connectivity index (χ4n) is 1.64. The Labute approximate surface area is 93.9 Å². The maximum atomic E-state index is 8.70. The monoisotopic (exact) mass is 222 g/mol. The average Bonchev–Trinajstić information content (AvgIpc) is 2.61. The van der Waals surface area contributed by atoms with E-state index in [-0.39, 0.29) is 6.61 Å². The molecule has 0 saturated heterocycles. The Kier molecular flexibility index (Phi) is 3.28. The first-order valence-corrected chi connectivity index (χ1v) is 5.53.